The molecule has 74 valence electrons. The van der Waals surface area contributed by atoms with Gasteiger partial charge < -0.3 is 10.5 Å². The molecule has 2 atom stereocenters. The van der Waals surface area contributed by atoms with Crippen LogP contribution in [-0.4, -0.2) is 23.7 Å². The molecule has 0 aromatic rings. The molecule has 0 saturated carbocycles. The highest BCUT2D eigenvalue weighted by molar-refractivity contribution is 8.00. The zero-order valence-electron chi connectivity index (χ0n) is 7.87. The second-order valence-electron chi connectivity index (χ2n) is 3.74. The first-order chi connectivity index (χ1) is 6.38. The predicted molar refractivity (Wildman–Crippen MR) is 56.7 cm³/mol. The summed E-state index contributed by atoms with van der Waals surface area (Å²) in [6, 6.07) is 0.243. The van der Waals surface area contributed by atoms with Crippen LogP contribution >= 0.6 is 11.8 Å². The second-order valence-corrected chi connectivity index (χ2v) is 5.09. The Bertz CT molecular complexity index is 199. The minimum atomic E-state index is 0.243. The van der Waals surface area contributed by atoms with Gasteiger partial charge in [-0.05, 0) is 37.0 Å². The Balaban J connectivity index is 1.94. The van der Waals surface area contributed by atoms with Crippen LogP contribution in [0.25, 0.3) is 0 Å². The Morgan fingerprint density at radius 3 is 3.08 bits per heavy atom. The summed E-state index contributed by atoms with van der Waals surface area (Å²) >= 11 is 2.02. The molecule has 0 bridgehead atoms. The van der Waals surface area contributed by atoms with Crippen molar-refractivity contribution in [1.82, 2.24) is 0 Å². The molecule has 0 spiro atoms. The molecule has 0 amide bonds. The van der Waals surface area contributed by atoms with Gasteiger partial charge in [0.1, 0.15) is 0 Å². The van der Waals surface area contributed by atoms with Crippen LogP contribution in [0.15, 0.2) is 11.8 Å². The van der Waals surface area contributed by atoms with Crippen LogP contribution in [0.2, 0.25) is 0 Å². The molecule has 2 unspecified atom stereocenters. The monoisotopic (exact) mass is 199 g/mol. The van der Waals surface area contributed by atoms with Gasteiger partial charge in [-0.2, -0.15) is 11.8 Å². The fraction of sp³-hybridized carbons (Fsp3) is 0.800. The molecule has 2 aliphatic heterocycles. The average molecular weight is 199 g/mol. The van der Waals surface area contributed by atoms with Gasteiger partial charge in [-0.15, -0.1) is 0 Å². The Kier molecular flexibility index (Phi) is 3.17. The van der Waals surface area contributed by atoms with Gasteiger partial charge in [-0.3, -0.25) is 0 Å². The average Bonchev–Trinajstić information content (AvgIpc) is 2.71. The van der Waals surface area contributed by atoms with E-state index in [-0.39, 0.29) is 6.04 Å². The first-order valence-corrected chi connectivity index (χ1v) is 6.10. The van der Waals surface area contributed by atoms with Gasteiger partial charge in [-0.25, -0.2) is 0 Å². The number of thioether (sulfide) groups is 1. The van der Waals surface area contributed by atoms with Crippen molar-refractivity contribution < 1.29 is 4.74 Å². The lowest BCUT2D eigenvalue weighted by Crippen LogP contribution is -2.34. The molecular weight excluding hydrogens is 182 g/mol. The van der Waals surface area contributed by atoms with Gasteiger partial charge in [0.05, 0.1) is 12.9 Å². The molecule has 2 N–H and O–H groups in total. The largest absolute Gasteiger partial charge is 0.501 e. The molecule has 2 rings (SSSR count). The van der Waals surface area contributed by atoms with Gasteiger partial charge in [0.15, 0.2) is 0 Å². The third-order valence-corrected chi connectivity index (χ3v) is 4.24. The van der Waals surface area contributed by atoms with E-state index in [2.05, 4.69) is 0 Å². The summed E-state index contributed by atoms with van der Waals surface area (Å²) in [5.41, 5.74) is 7.51. The summed E-state index contributed by atoms with van der Waals surface area (Å²) in [5.74, 6) is 1.28. The highest BCUT2D eigenvalue weighted by Crippen LogP contribution is 2.32. The van der Waals surface area contributed by atoms with Crippen LogP contribution in [-0.2, 0) is 4.74 Å². The van der Waals surface area contributed by atoms with Gasteiger partial charge >= 0.3 is 0 Å². The molecule has 0 aromatic carbocycles. The summed E-state index contributed by atoms with van der Waals surface area (Å²) in [7, 11) is 0. The minimum Gasteiger partial charge on any atom is -0.501 e. The van der Waals surface area contributed by atoms with Crippen LogP contribution in [0.1, 0.15) is 25.7 Å². The molecule has 0 radical (unpaired) electrons. The summed E-state index contributed by atoms with van der Waals surface area (Å²) in [5, 5.41) is 0.646. The van der Waals surface area contributed by atoms with E-state index in [4.69, 9.17) is 10.5 Å². The Morgan fingerprint density at radius 1 is 1.54 bits per heavy atom. The SMILES string of the molecule is NC(C1=COCCC1)C1CCCS1. The van der Waals surface area contributed by atoms with E-state index in [1.54, 1.807) is 0 Å². The van der Waals surface area contributed by atoms with Crippen molar-refractivity contribution in [1.29, 1.82) is 0 Å². The predicted octanol–water partition coefficient (Wildman–Crippen LogP) is 1.90. The molecule has 3 heteroatoms. The molecular formula is C10H17NOS. The number of hydrogen-bond acceptors (Lipinski definition) is 3. The normalized spacial score (nSPS) is 30.8. The smallest absolute Gasteiger partial charge is 0.0876 e. The number of ether oxygens (including phenoxy) is 1. The van der Waals surface area contributed by atoms with Gasteiger partial charge in [0.2, 0.25) is 0 Å². The van der Waals surface area contributed by atoms with E-state index in [9.17, 15) is 0 Å². The molecule has 2 heterocycles. The number of hydrogen-bond donors (Lipinski definition) is 1. The topological polar surface area (TPSA) is 35.2 Å². The van der Waals surface area contributed by atoms with E-state index in [1.807, 2.05) is 18.0 Å². The third-order valence-electron chi connectivity index (χ3n) is 2.76. The quantitative estimate of drug-likeness (QED) is 0.738. The second kappa shape index (κ2) is 4.38. The van der Waals surface area contributed by atoms with Crippen LogP contribution in [0.5, 0.6) is 0 Å². The number of nitrogens with two attached hydrogens (primary N) is 1. The van der Waals surface area contributed by atoms with Crippen molar-refractivity contribution >= 4 is 11.8 Å². The zero-order valence-corrected chi connectivity index (χ0v) is 8.69. The van der Waals surface area contributed by atoms with Gasteiger partial charge in [0.25, 0.3) is 0 Å². The van der Waals surface area contributed by atoms with E-state index >= 15 is 0 Å². The lowest BCUT2D eigenvalue weighted by atomic mass is 9.98. The molecule has 1 saturated heterocycles. The summed E-state index contributed by atoms with van der Waals surface area (Å²) in [6.45, 7) is 0.869. The first-order valence-electron chi connectivity index (χ1n) is 5.05. The first kappa shape index (κ1) is 9.41. The maximum atomic E-state index is 6.18. The van der Waals surface area contributed by atoms with E-state index in [1.165, 1.54) is 24.2 Å². The third kappa shape index (κ3) is 2.20. The lowest BCUT2D eigenvalue weighted by molar-refractivity contribution is 0.221. The Morgan fingerprint density at radius 2 is 2.46 bits per heavy atom. The van der Waals surface area contributed by atoms with Gasteiger partial charge in [0, 0.05) is 11.3 Å². The summed E-state index contributed by atoms with van der Waals surface area (Å²) < 4.78 is 5.31. The fourth-order valence-corrected chi connectivity index (χ4v) is 3.31. The maximum Gasteiger partial charge on any atom is 0.0876 e. The van der Waals surface area contributed by atoms with Gasteiger partial charge in [-0.1, -0.05) is 0 Å². The maximum absolute atomic E-state index is 6.18. The Labute approximate surface area is 83.9 Å². The van der Waals surface area contributed by atoms with Crippen LogP contribution in [0.3, 0.4) is 0 Å². The highest BCUT2D eigenvalue weighted by Gasteiger charge is 2.26. The molecule has 13 heavy (non-hydrogen) atoms. The fourth-order valence-electron chi connectivity index (χ4n) is 1.95. The summed E-state index contributed by atoms with van der Waals surface area (Å²) in [4.78, 5) is 0. The molecule has 2 nitrogen and oxygen atoms in total. The molecule has 0 aromatic heterocycles. The summed E-state index contributed by atoms with van der Waals surface area (Å²) in [6.07, 6.45) is 6.78. The number of rotatable bonds is 2. The van der Waals surface area contributed by atoms with Crippen molar-refractivity contribution in [3.05, 3.63) is 11.8 Å². The van der Waals surface area contributed by atoms with Crippen molar-refractivity contribution in [3.8, 4) is 0 Å². The van der Waals surface area contributed by atoms with Crippen molar-refractivity contribution in [3.63, 3.8) is 0 Å². The lowest BCUT2D eigenvalue weighted by Gasteiger charge is -2.23. The highest BCUT2D eigenvalue weighted by atomic mass is 32.2. The van der Waals surface area contributed by atoms with Crippen LogP contribution in [0.4, 0.5) is 0 Å². The molecule has 0 aliphatic carbocycles. The van der Waals surface area contributed by atoms with Crippen molar-refractivity contribution in [2.45, 2.75) is 37.0 Å². The van der Waals surface area contributed by atoms with E-state index in [0.29, 0.717) is 5.25 Å². The van der Waals surface area contributed by atoms with Crippen molar-refractivity contribution in [2.75, 3.05) is 12.4 Å². The zero-order chi connectivity index (χ0) is 9.10. The minimum absolute atomic E-state index is 0.243. The van der Waals surface area contributed by atoms with E-state index in [0.717, 1.165) is 19.4 Å². The van der Waals surface area contributed by atoms with Crippen LogP contribution in [0, 0.1) is 0 Å². The molecule has 2 aliphatic rings. The van der Waals surface area contributed by atoms with Crippen LogP contribution < -0.4 is 5.73 Å². The molecule has 1 fully saturated rings. The Hall–Kier alpha value is -0.150. The standard InChI is InChI=1S/C10H17NOS/c11-10(9-4-2-6-13-9)8-3-1-5-12-7-8/h7,9-10H,1-6,11H2. The van der Waals surface area contributed by atoms with E-state index < -0.39 is 0 Å². The van der Waals surface area contributed by atoms with Crippen molar-refractivity contribution in [2.24, 2.45) is 5.73 Å².